The fraction of sp³-hybridized carbons (Fsp3) is 0.545. The van der Waals surface area contributed by atoms with Crippen LogP contribution in [-0.4, -0.2) is 48.3 Å². The molecule has 0 aromatic heterocycles. The van der Waals surface area contributed by atoms with Crippen LogP contribution in [0.2, 0.25) is 0 Å². The van der Waals surface area contributed by atoms with E-state index in [1.165, 1.54) is 16.7 Å². The third kappa shape index (κ3) is 5.85. The average Bonchev–Trinajstić information content (AvgIpc) is 2.88. The molecule has 1 aromatic carbocycles. The number of hydrogen-bond acceptors (Lipinski definition) is 5. The van der Waals surface area contributed by atoms with Gasteiger partial charge in [0.15, 0.2) is 0 Å². The van der Waals surface area contributed by atoms with Crippen LogP contribution in [-0.2, 0) is 14.3 Å². The Labute approximate surface area is 172 Å². The first-order chi connectivity index (χ1) is 13.3. The van der Waals surface area contributed by atoms with Crippen molar-refractivity contribution >= 4 is 29.1 Å². The Morgan fingerprint density at radius 3 is 2.29 bits per heavy atom. The van der Waals surface area contributed by atoms with Crippen LogP contribution in [0.15, 0.2) is 29.2 Å². The molecule has 2 rings (SSSR count). The maximum Gasteiger partial charge on any atom is 0.267 e. The van der Waals surface area contributed by atoms with Gasteiger partial charge < -0.3 is 9.47 Å². The van der Waals surface area contributed by atoms with Gasteiger partial charge in [-0.05, 0) is 49.6 Å². The van der Waals surface area contributed by atoms with Gasteiger partial charge in [-0.1, -0.05) is 32.9 Å². The fourth-order valence-corrected chi connectivity index (χ4v) is 3.68. The van der Waals surface area contributed by atoms with Crippen LogP contribution in [0, 0.1) is 5.92 Å². The fourth-order valence-electron chi connectivity index (χ4n) is 2.81. The largest absolute Gasteiger partial charge is 0.493 e. The summed E-state index contributed by atoms with van der Waals surface area (Å²) in [6.45, 7) is 11.7. The zero-order valence-corrected chi connectivity index (χ0v) is 18.3. The van der Waals surface area contributed by atoms with Crippen molar-refractivity contribution in [1.82, 2.24) is 4.90 Å². The lowest BCUT2D eigenvalue weighted by Gasteiger charge is -2.16. The molecule has 0 aliphatic carbocycles. The minimum Gasteiger partial charge on any atom is -0.493 e. The highest BCUT2D eigenvalue weighted by Gasteiger charge is 2.38. The minimum atomic E-state index is -0.221. The number of hydrogen-bond donors (Lipinski definition) is 0. The normalized spacial score (nSPS) is 14.8. The summed E-state index contributed by atoms with van der Waals surface area (Å²) in [6, 6.07) is 7.43. The van der Waals surface area contributed by atoms with Gasteiger partial charge in [0.25, 0.3) is 11.8 Å². The number of carbonyl (C=O) groups is 2. The van der Waals surface area contributed by atoms with Gasteiger partial charge in [0.1, 0.15) is 5.75 Å². The molecule has 2 amide bonds. The van der Waals surface area contributed by atoms with Crippen molar-refractivity contribution in [3.8, 4) is 5.75 Å². The molecule has 1 aromatic rings. The smallest absolute Gasteiger partial charge is 0.267 e. The molecule has 0 saturated carbocycles. The molecule has 0 bridgehead atoms. The average molecular weight is 406 g/mol. The Morgan fingerprint density at radius 2 is 1.71 bits per heavy atom. The van der Waals surface area contributed by atoms with Gasteiger partial charge >= 0.3 is 0 Å². The summed E-state index contributed by atoms with van der Waals surface area (Å²) in [4.78, 5) is 27.7. The molecule has 1 heterocycles. The molecule has 0 saturated heterocycles. The van der Waals surface area contributed by atoms with E-state index < -0.39 is 0 Å². The minimum absolute atomic E-state index is 0.140. The third-order valence-electron chi connectivity index (χ3n) is 4.12. The van der Waals surface area contributed by atoms with Gasteiger partial charge in [0.2, 0.25) is 0 Å². The summed E-state index contributed by atoms with van der Waals surface area (Å²) >= 11 is 1.43. The zero-order valence-electron chi connectivity index (χ0n) is 17.5. The number of imide groups is 1. The first-order valence-corrected chi connectivity index (χ1v) is 10.9. The van der Waals surface area contributed by atoms with Crippen LogP contribution in [0.5, 0.6) is 5.75 Å². The lowest BCUT2D eigenvalue weighted by atomic mass is 10.1. The molecular formula is C22H31NO4S. The maximum atomic E-state index is 13.0. The van der Waals surface area contributed by atoms with Crippen molar-refractivity contribution in [2.24, 2.45) is 5.92 Å². The molecule has 1 aliphatic heterocycles. The second-order valence-electron chi connectivity index (χ2n) is 7.40. The van der Waals surface area contributed by atoms with Crippen LogP contribution < -0.4 is 4.74 Å². The van der Waals surface area contributed by atoms with E-state index >= 15 is 0 Å². The van der Waals surface area contributed by atoms with Gasteiger partial charge in [-0.3, -0.25) is 14.5 Å². The second kappa shape index (κ2) is 10.7. The number of amides is 2. The van der Waals surface area contributed by atoms with Crippen molar-refractivity contribution in [1.29, 1.82) is 0 Å². The number of carbonyl (C=O) groups excluding carboxylic acids is 2. The topological polar surface area (TPSA) is 55.8 Å². The standard InChI is InChI=1S/C22H31NO4S/c1-6-28-20-19(17-8-10-18(11-9-17)27-14-15(2)3)21(24)23(22(20)25)12-7-13-26-16(4)5/h8-11,15-16H,6-7,12-14H2,1-5H3. The third-order valence-corrected chi connectivity index (χ3v) is 5.07. The van der Waals surface area contributed by atoms with Crippen LogP contribution in [0.25, 0.3) is 5.57 Å². The lowest BCUT2D eigenvalue weighted by Crippen LogP contribution is -2.33. The van der Waals surface area contributed by atoms with Crippen LogP contribution in [0.3, 0.4) is 0 Å². The second-order valence-corrected chi connectivity index (χ2v) is 8.68. The predicted molar refractivity (Wildman–Crippen MR) is 114 cm³/mol. The van der Waals surface area contributed by atoms with Gasteiger partial charge in [0.05, 0.1) is 23.2 Å². The van der Waals surface area contributed by atoms with Gasteiger partial charge in [-0.2, -0.15) is 0 Å². The van der Waals surface area contributed by atoms with Crippen molar-refractivity contribution in [3.63, 3.8) is 0 Å². The predicted octanol–water partition coefficient (Wildman–Crippen LogP) is 4.37. The van der Waals surface area contributed by atoms with Gasteiger partial charge in [-0.15, -0.1) is 11.8 Å². The highest BCUT2D eigenvalue weighted by molar-refractivity contribution is 8.04. The summed E-state index contributed by atoms with van der Waals surface area (Å²) in [5, 5.41) is 0. The van der Waals surface area contributed by atoms with E-state index in [0.717, 1.165) is 17.1 Å². The molecule has 0 spiro atoms. The Morgan fingerprint density at radius 1 is 1.04 bits per heavy atom. The molecule has 0 N–H and O–H groups in total. The summed E-state index contributed by atoms with van der Waals surface area (Å²) < 4.78 is 11.2. The number of nitrogens with zero attached hydrogens (tertiary/aromatic N) is 1. The van der Waals surface area contributed by atoms with Crippen molar-refractivity contribution < 1.29 is 19.1 Å². The number of rotatable bonds is 11. The summed E-state index contributed by atoms with van der Waals surface area (Å²) in [7, 11) is 0. The molecule has 6 heteroatoms. The maximum absolute atomic E-state index is 13.0. The SMILES string of the molecule is CCSC1=C(c2ccc(OCC(C)C)cc2)C(=O)N(CCCOC(C)C)C1=O. The molecule has 5 nitrogen and oxygen atoms in total. The molecule has 0 radical (unpaired) electrons. The monoisotopic (exact) mass is 405 g/mol. The van der Waals surface area contributed by atoms with Crippen LogP contribution >= 0.6 is 11.8 Å². The van der Waals surface area contributed by atoms with E-state index in [-0.39, 0.29) is 17.9 Å². The Balaban J connectivity index is 2.15. The molecular weight excluding hydrogens is 374 g/mol. The van der Waals surface area contributed by atoms with E-state index in [2.05, 4.69) is 13.8 Å². The summed E-state index contributed by atoms with van der Waals surface area (Å²) in [6.07, 6.45) is 0.774. The van der Waals surface area contributed by atoms with Crippen molar-refractivity contribution in [2.45, 2.75) is 47.1 Å². The molecule has 1 aliphatic rings. The molecule has 154 valence electrons. The summed E-state index contributed by atoms with van der Waals surface area (Å²) in [5.41, 5.74) is 1.25. The first-order valence-electron chi connectivity index (χ1n) is 9.93. The van der Waals surface area contributed by atoms with E-state index in [1.807, 2.05) is 45.0 Å². The molecule has 0 fully saturated rings. The molecule has 0 atom stereocenters. The lowest BCUT2D eigenvalue weighted by molar-refractivity contribution is -0.136. The van der Waals surface area contributed by atoms with E-state index in [9.17, 15) is 9.59 Å². The van der Waals surface area contributed by atoms with Crippen molar-refractivity contribution in [2.75, 3.05) is 25.5 Å². The number of thioether (sulfide) groups is 1. The first kappa shape index (κ1) is 22.5. The number of benzene rings is 1. The highest BCUT2D eigenvalue weighted by Crippen LogP contribution is 2.36. The van der Waals surface area contributed by atoms with Gasteiger partial charge in [-0.25, -0.2) is 0 Å². The van der Waals surface area contributed by atoms with E-state index in [0.29, 0.717) is 42.6 Å². The molecule has 28 heavy (non-hydrogen) atoms. The zero-order chi connectivity index (χ0) is 20.7. The van der Waals surface area contributed by atoms with E-state index in [1.54, 1.807) is 0 Å². The summed E-state index contributed by atoms with van der Waals surface area (Å²) in [5.74, 6) is 1.52. The highest BCUT2D eigenvalue weighted by atomic mass is 32.2. The Bertz CT molecular complexity index is 710. The van der Waals surface area contributed by atoms with Gasteiger partial charge in [0, 0.05) is 13.2 Å². The Kier molecular flexibility index (Phi) is 8.58. The van der Waals surface area contributed by atoms with Crippen molar-refractivity contribution in [3.05, 3.63) is 34.7 Å². The van der Waals surface area contributed by atoms with Crippen LogP contribution in [0.1, 0.15) is 46.6 Å². The Hall–Kier alpha value is -1.79. The van der Waals surface area contributed by atoms with Crippen LogP contribution in [0.4, 0.5) is 0 Å². The van der Waals surface area contributed by atoms with E-state index in [4.69, 9.17) is 9.47 Å². The number of ether oxygens (including phenoxy) is 2. The quantitative estimate of drug-likeness (QED) is 0.404. The molecule has 0 unspecified atom stereocenters.